The monoisotopic (exact) mass is 698 g/mol. The average Bonchev–Trinajstić information content (AvgIpc) is 3.02. The van der Waals surface area contributed by atoms with Crippen LogP contribution in [0.4, 0.5) is 43.4 Å². The van der Waals surface area contributed by atoms with Crippen molar-refractivity contribution in [3.05, 3.63) is 89.5 Å². The lowest BCUT2D eigenvalue weighted by atomic mass is 10.0. The normalized spacial score (nSPS) is 13.5. The van der Waals surface area contributed by atoms with Gasteiger partial charge in [-0.15, -0.1) is 0 Å². The molecule has 0 saturated carbocycles. The lowest BCUT2D eigenvalue weighted by molar-refractivity contribution is -0.193. The van der Waals surface area contributed by atoms with Crippen molar-refractivity contribution in [1.29, 1.82) is 0 Å². The molecule has 1 aliphatic rings. The third-order valence-electron chi connectivity index (χ3n) is 7.08. The average molecular weight is 699 g/mol. The topological polar surface area (TPSA) is 139 Å². The van der Waals surface area contributed by atoms with E-state index in [-0.39, 0.29) is 11.8 Å². The maximum absolute atomic E-state index is 12.5. The van der Waals surface area contributed by atoms with Gasteiger partial charge in [-0.1, -0.05) is 29.8 Å². The van der Waals surface area contributed by atoms with E-state index in [1.54, 1.807) is 0 Å². The first-order chi connectivity index (χ1) is 22.8. The van der Waals surface area contributed by atoms with Gasteiger partial charge in [-0.2, -0.15) is 26.3 Å². The number of amides is 2. The summed E-state index contributed by atoms with van der Waals surface area (Å²) in [5, 5.41) is 20.1. The van der Waals surface area contributed by atoms with Gasteiger partial charge in [0.15, 0.2) is 0 Å². The molecule has 4 rings (SSSR count). The molecule has 0 atom stereocenters. The highest BCUT2D eigenvalue weighted by atomic mass is 19.4. The van der Waals surface area contributed by atoms with Gasteiger partial charge in [0.2, 0.25) is 5.91 Å². The number of nitrogens with zero attached hydrogens (tertiary/aromatic N) is 2. The Morgan fingerprint density at radius 1 is 0.796 bits per heavy atom. The van der Waals surface area contributed by atoms with Crippen LogP contribution in [0.25, 0.3) is 0 Å². The molecule has 2 amide bonds. The lowest BCUT2D eigenvalue weighted by Crippen LogP contribution is -2.43. The number of likely N-dealkylation sites (tertiary alicyclic amines) is 1. The fourth-order valence-electron chi connectivity index (χ4n) is 4.60. The van der Waals surface area contributed by atoms with Crippen LogP contribution in [0.5, 0.6) is 0 Å². The van der Waals surface area contributed by atoms with Crippen molar-refractivity contribution in [1.82, 2.24) is 4.90 Å². The minimum atomic E-state index is -5.08. The fraction of sp³-hybridized carbons (Fsp3) is 0.333. The zero-order valence-electron chi connectivity index (χ0n) is 26.7. The summed E-state index contributed by atoms with van der Waals surface area (Å²) in [6, 6.07) is 24.3. The zero-order valence-corrected chi connectivity index (χ0v) is 26.7. The molecule has 0 aliphatic carbocycles. The molecular formula is C33H36F6N4O6. The van der Waals surface area contributed by atoms with E-state index in [4.69, 9.17) is 19.8 Å². The van der Waals surface area contributed by atoms with E-state index in [1.807, 2.05) is 55.5 Å². The van der Waals surface area contributed by atoms with Gasteiger partial charge >= 0.3 is 24.3 Å². The number of hydrogen-bond acceptors (Lipinski definition) is 6. The van der Waals surface area contributed by atoms with Gasteiger partial charge < -0.3 is 25.7 Å². The Hall–Kier alpha value is -5.12. The lowest BCUT2D eigenvalue weighted by Gasteiger charge is -2.38. The van der Waals surface area contributed by atoms with E-state index in [0.717, 1.165) is 55.1 Å². The van der Waals surface area contributed by atoms with E-state index in [2.05, 4.69) is 51.7 Å². The first-order valence-electron chi connectivity index (χ1n) is 14.7. The van der Waals surface area contributed by atoms with Crippen molar-refractivity contribution in [3.8, 4) is 0 Å². The number of aryl methyl sites for hydroxylation is 1. The molecule has 266 valence electrons. The molecule has 1 heterocycles. The molecular weight excluding hydrogens is 662 g/mol. The van der Waals surface area contributed by atoms with Crippen molar-refractivity contribution in [2.45, 2.75) is 51.6 Å². The number of carbonyl (C=O) groups excluding carboxylic acids is 2. The number of carbonyl (C=O) groups is 4. The molecule has 10 nitrogen and oxygen atoms in total. The number of anilines is 3. The molecule has 0 radical (unpaired) electrons. The van der Waals surface area contributed by atoms with E-state index in [0.29, 0.717) is 11.6 Å². The number of hydrogen-bond donors (Lipinski definition) is 4. The molecule has 1 saturated heterocycles. The predicted molar refractivity (Wildman–Crippen MR) is 170 cm³/mol. The Kier molecular flexibility index (Phi) is 14.6. The Morgan fingerprint density at radius 3 is 1.71 bits per heavy atom. The standard InChI is InChI=1S/C29H34N4O2.2C2HF3O2/c1-21-5-4-6-24(19-21)29(35)31-26-11-13-27(14-12-26)32(3)28-15-17-33(18-16-28)20-23-7-9-25(10-8-23)30-22(2)34;2*3-2(4,5)1(6)7/h4-14,19,28H,15-18,20H2,1-3H3,(H,30,34)(H,31,35);2*(H,6,7). The Morgan fingerprint density at radius 2 is 1.27 bits per heavy atom. The number of nitrogens with one attached hydrogen (secondary N) is 2. The number of halogens is 6. The van der Waals surface area contributed by atoms with Crippen molar-refractivity contribution in [3.63, 3.8) is 0 Å². The maximum atomic E-state index is 12.5. The Bertz CT molecular complexity index is 1530. The highest BCUT2D eigenvalue weighted by Gasteiger charge is 2.38. The molecule has 49 heavy (non-hydrogen) atoms. The SMILES string of the molecule is CC(=O)Nc1ccc(CN2CCC(N(C)c3ccc(NC(=O)c4cccc(C)c4)cc3)CC2)cc1.O=C(O)C(F)(F)F.O=C(O)C(F)(F)F. The largest absolute Gasteiger partial charge is 0.490 e. The quantitative estimate of drug-likeness (QED) is 0.203. The number of aliphatic carboxylic acids is 2. The van der Waals surface area contributed by atoms with Crippen molar-refractivity contribution in [2.75, 3.05) is 35.7 Å². The molecule has 3 aromatic rings. The van der Waals surface area contributed by atoms with Crippen LogP contribution in [0.15, 0.2) is 72.8 Å². The molecule has 0 spiro atoms. The van der Waals surface area contributed by atoms with Gasteiger partial charge in [-0.3, -0.25) is 14.5 Å². The first kappa shape index (κ1) is 40.1. The van der Waals surface area contributed by atoms with E-state index >= 15 is 0 Å². The number of rotatable bonds is 7. The fourth-order valence-corrected chi connectivity index (χ4v) is 4.60. The second-order valence-corrected chi connectivity index (χ2v) is 11.0. The third kappa shape index (κ3) is 14.3. The van der Waals surface area contributed by atoms with Crippen LogP contribution >= 0.6 is 0 Å². The minimum Gasteiger partial charge on any atom is -0.475 e. The van der Waals surface area contributed by atoms with Crippen LogP contribution in [-0.2, 0) is 20.9 Å². The molecule has 0 unspecified atom stereocenters. The van der Waals surface area contributed by atoms with Crippen LogP contribution in [0.3, 0.4) is 0 Å². The Balaban J connectivity index is 0.000000500. The number of carboxylic acid groups (broad SMARTS) is 2. The van der Waals surface area contributed by atoms with E-state index in [1.165, 1.54) is 12.5 Å². The van der Waals surface area contributed by atoms with Crippen LogP contribution in [0, 0.1) is 6.92 Å². The van der Waals surface area contributed by atoms with Crippen LogP contribution in [0.1, 0.15) is 41.3 Å². The van der Waals surface area contributed by atoms with Crippen molar-refractivity contribution >= 4 is 40.8 Å². The van der Waals surface area contributed by atoms with Crippen molar-refractivity contribution in [2.24, 2.45) is 0 Å². The summed E-state index contributed by atoms with van der Waals surface area (Å²) < 4.78 is 63.5. The summed E-state index contributed by atoms with van der Waals surface area (Å²) in [4.78, 5) is 46.3. The van der Waals surface area contributed by atoms with Gasteiger partial charge in [-0.05, 0) is 73.9 Å². The smallest absolute Gasteiger partial charge is 0.475 e. The van der Waals surface area contributed by atoms with Crippen LogP contribution in [0.2, 0.25) is 0 Å². The van der Waals surface area contributed by atoms with Gasteiger partial charge in [0.25, 0.3) is 5.91 Å². The zero-order chi connectivity index (χ0) is 36.9. The highest BCUT2D eigenvalue weighted by Crippen LogP contribution is 2.25. The summed E-state index contributed by atoms with van der Waals surface area (Å²) in [6.07, 6.45) is -7.96. The summed E-state index contributed by atoms with van der Waals surface area (Å²) in [5.74, 6) is -5.66. The van der Waals surface area contributed by atoms with Gasteiger partial charge in [0.1, 0.15) is 0 Å². The summed E-state index contributed by atoms with van der Waals surface area (Å²) in [5.41, 5.74) is 5.79. The minimum absolute atomic E-state index is 0.0504. The predicted octanol–water partition coefficient (Wildman–Crippen LogP) is 6.57. The number of benzene rings is 3. The van der Waals surface area contributed by atoms with Crippen LogP contribution in [-0.4, -0.2) is 77.4 Å². The second-order valence-electron chi connectivity index (χ2n) is 11.0. The van der Waals surface area contributed by atoms with Gasteiger partial charge in [-0.25, -0.2) is 9.59 Å². The molecule has 4 N–H and O–H groups in total. The van der Waals surface area contributed by atoms with Crippen molar-refractivity contribution < 1.29 is 55.7 Å². The second kappa shape index (κ2) is 17.9. The van der Waals surface area contributed by atoms with Crippen LogP contribution < -0.4 is 15.5 Å². The maximum Gasteiger partial charge on any atom is 0.490 e. The van der Waals surface area contributed by atoms with E-state index in [9.17, 15) is 35.9 Å². The first-order valence-corrected chi connectivity index (χ1v) is 14.7. The summed E-state index contributed by atoms with van der Waals surface area (Å²) in [7, 11) is 2.15. The molecule has 0 aromatic heterocycles. The Labute approximate surface area is 278 Å². The molecule has 16 heteroatoms. The number of alkyl halides is 6. The summed E-state index contributed by atoms with van der Waals surface area (Å²) in [6.45, 7) is 6.53. The third-order valence-corrected chi connectivity index (χ3v) is 7.08. The van der Waals surface area contributed by atoms with Gasteiger partial charge in [0.05, 0.1) is 0 Å². The molecule has 0 bridgehead atoms. The molecule has 1 fully saturated rings. The number of carboxylic acids is 2. The van der Waals surface area contributed by atoms with Gasteiger partial charge in [0, 0.05) is 62.3 Å². The highest BCUT2D eigenvalue weighted by molar-refractivity contribution is 6.04. The molecule has 3 aromatic carbocycles. The summed E-state index contributed by atoms with van der Waals surface area (Å²) >= 11 is 0. The number of piperidine rings is 1. The van der Waals surface area contributed by atoms with E-state index < -0.39 is 24.3 Å². The molecule has 1 aliphatic heterocycles.